The molecular formula is C20H32NO5P. The standard InChI is InChI=1S/C20H32NO5P/c1-4-7-8-9-20(23)21-18(16-17-10-12-19(22)13-11-17)14-15-27(24,25-5-2)26-6-3/h10-13,16,22H,4-9,14-15H2,1-3H3,(H,21,23)/b18-16+. The number of hydrogen-bond acceptors (Lipinski definition) is 5. The fourth-order valence-corrected chi connectivity index (χ4v) is 4.17. The number of allylic oxidation sites excluding steroid dienone is 1. The first-order chi connectivity index (χ1) is 12.9. The highest BCUT2D eigenvalue weighted by atomic mass is 31.2. The van der Waals surface area contributed by atoms with Gasteiger partial charge >= 0.3 is 7.60 Å². The van der Waals surface area contributed by atoms with Gasteiger partial charge in [-0.3, -0.25) is 9.36 Å². The predicted octanol–water partition coefficient (Wildman–Crippen LogP) is 5.09. The number of carbonyl (C=O) groups excluding carboxylic acids is 1. The summed E-state index contributed by atoms with van der Waals surface area (Å²) in [4.78, 5) is 12.2. The number of phenolic OH excluding ortho intramolecular Hbond substituents is 1. The van der Waals surface area contributed by atoms with Crippen LogP contribution in [0, 0.1) is 0 Å². The monoisotopic (exact) mass is 397 g/mol. The Balaban J connectivity index is 2.87. The molecule has 0 bridgehead atoms. The lowest BCUT2D eigenvalue weighted by Gasteiger charge is -2.18. The van der Waals surface area contributed by atoms with Gasteiger partial charge in [0.15, 0.2) is 0 Å². The Labute approximate surface area is 162 Å². The van der Waals surface area contributed by atoms with Gasteiger partial charge in [0.25, 0.3) is 0 Å². The Hall–Kier alpha value is -1.62. The maximum atomic E-state index is 12.7. The number of phenols is 1. The van der Waals surface area contributed by atoms with E-state index in [1.54, 1.807) is 38.1 Å². The van der Waals surface area contributed by atoms with E-state index in [4.69, 9.17) is 9.05 Å². The van der Waals surface area contributed by atoms with Gasteiger partial charge in [0.05, 0.1) is 19.4 Å². The average Bonchev–Trinajstić information content (AvgIpc) is 2.62. The largest absolute Gasteiger partial charge is 0.508 e. The molecule has 0 aliphatic carbocycles. The molecule has 0 aliphatic heterocycles. The summed E-state index contributed by atoms with van der Waals surface area (Å²) in [6.45, 7) is 6.24. The molecule has 2 N–H and O–H groups in total. The van der Waals surface area contributed by atoms with Crippen LogP contribution in [0.15, 0.2) is 30.0 Å². The van der Waals surface area contributed by atoms with Crippen LogP contribution in [0.25, 0.3) is 6.08 Å². The third kappa shape index (κ3) is 9.76. The number of carbonyl (C=O) groups is 1. The second kappa shape index (κ2) is 12.7. The topological polar surface area (TPSA) is 84.9 Å². The quantitative estimate of drug-likeness (QED) is 0.358. The van der Waals surface area contributed by atoms with Gasteiger partial charge in [0.2, 0.25) is 5.91 Å². The molecule has 0 unspecified atom stereocenters. The molecule has 1 aromatic rings. The first-order valence-electron chi connectivity index (χ1n) is 9.60. The van der Waals surface area contributed by atoms with E-state index in [2.05, 4.69) is 12.2 Å². The number of amides is 1. The normalized spacial score (nSPS) is 12.2. The van der Waals surface area contributed by atoms with Crippen molar-refractivity contribution in [2.75, 3.05) is 19.4 Å². The highest BCUT2D eigenvalue weighted by molar-refractivity contribution is 7.53. The van der Waals surface area contributed by atoms with E-state index >= 15 is 0 Å². The molecule has 152 valence electrons. The molecule has 1 rings (SSSR count). The van der Waals surface area contributed by atoms with Gasteiger partial charge in [-0.05, 0) is 50.5 Å². The summed E-state index contributed by atoms with van der Waals surface area (Å²) in [7, 11) is -3.19. The highest BCUT2D eigenvalue weighted by Gasteiger charge is 2.24. The smallest absolute Gasteiger partial charge is 0.331 e. The first kappa shape index (κ1) is 23.4. The number of rotatable bonds is 13. The van der Waals surface area contributed by atoms with E-state index in [0.29, 0.717) is 31.8 Å². The van der Waals surface area contributed by atoms with Crippen LogP contribution >= 0.6 is 7.60 Å². The van der Waals surface area contributed by atoms with E-state index in [1.165, 1.54) is 0 Å². The summed E-state index contributed by atoms with van der Waals surface area (Å²) >= 11 is 0. The number of aromatic hydroxyl groups is 1. The summed E-state index contributed by atoms with van der Waals surface area (Å²) in [5.41, 5.74) is 1.49. The number of unbranched alkanes of at least 4 members (excludes halogenated alkanes) is 2. The molecule has 0 heterocycles. The van der Waals surface area contributed by atoms with E-state index in [1.807, 2.05) is 6.08 Å². The second-order valence-corrected chi connectivity index (χ2v) is 8.37. The van der Waals surface area contributed by atoms with Gasteiger partial charge in [-0.2, -0.15) is 0 Å². The Morgan fingerprint density at radius 2 is 1.70 bits per heavy atom. The fourth-order valence-electron chi connectivity index (χ4n) is 2.54. The van der Waals surface area contributed by atoms with Crippen molar-refractivity contribution in [3.8, 4) is 5.75 Å². The van der Waals surface area contributed by atoms with E-state index < -0.39 is 7.60 Å². The van der Waals surface area contributed by atoms with Crippen LogP contribution in [-0.2, 0) is 18.4 Å². The van der Waals surface area contributed by atoms with Crippen molar-refractivity contribution in [2.45, 2.75) is 52.9 Å². The van der Waals surface area contributed by atoms with Crippen LogP contribution in [-0.4, -0.2) is 30.4 Å². The Morgan fingerprint density at radius 3 is 2.26 bits per heavy atom. The molecule has 7 heteroatoms. The highest BCUT2D eigenvalue weighted by Crippen LogP contribution is 2.49. The molecule has 0 aliphatic rings. The van der Waals surface area contributed by atoms with Gasteiger partial charge in [0.1, 0.15) is 5.75 Å². The third-order valence-corrected chi connectivity index (χ3v) is 5.92. The zero-order chi connectivity index (χ0) is 20.1. The molecule has 0 fully saturated rings. The molecular weight excluding hydrogens is 365 g/mol. The number of hydrogen-bond donors (Lipinski definition) is 2. The zero-order valence-electron chi connectivity index (χ0n) is 16.6. The Bertz CT molecular complexity index is 632. The minimum Gasteiger partial charge on any atom is -0.508 e. The van der Waals surface area contributed by atoms with Crippen LogP contribution in [0.4, 0.5) is 0 Å². The Kier molecular flexibility index (Phi) is 11.0. The fraction of sp³-hybridized carbons (Fsp3) is 0.550. The minimum absolute atomic E-state index is 0.0591. The molecule has 0 saturated heterocycles. The SMILES string of the molecule is CCCCCC(=O)N/C(=C/c1ccc(O)cc1)CCP(=O)(OCC)OCC. The van der Waals surface area contributed by atoms with Gasteiger partial charge in [0, 0.05) is 12.1 Å². The maximum absolute atomic E-state index is 12.7. The molecule has 0 atom stereocenters. The van der Waals surface area contributed by atoms with E-state index in [-0.39, 0.29) is 17.8 Å². The molecule has 27 heavy (non-hydrogen) atoms. The maximum Gasteiger partial charge on any atom is 0.331 e. The minimum atomic E-state index is -3.19. The van der Waals surface area contributed by atoms with Gasteiger partial charge in [-0.25, -0.2) is 0 Å². The molecule has 6 nitrogen and oxygen atoms in total. The van der Waals surface area contributed by atoms with Crippen LogP contribution in [0.1, 0.15) is 58.4 Å². The molecule has 0 aromatic heterocycles. The molecule has 0 radical (unpaired) electrons. The molecule has 1 amide bonds. The van der Waals surface area contributed by atoms with Crippen LogP contribution in [0.5, 0.6) is 5.75 Å². The second-order valence-electron chi connectivity index (χ2n) is 6.19. The van der Waals surface area contributed by atoms with Crippen molar-refractivity contribution in [1.82, 2.24) is 5.32 Å². The van der Waals surface area contributed by atoms with Crippen molar-refractivity contribution >= 4 is 19.6 Å². The lowest BCUT2D eigenvalue weighted by atomic mass is 10.1. The van der Waals surface area contributed by atoms with Crippen molar-refractivity contribution in [2.24, 2.45) is 0 Å². The zero-order valence-corrected chi connectivity index (χ0v) is 17.5. The summed E-state index contributed by atoms with van der Waals surface area (Å²) < 4.78 is 23.4. The van der Waals surface area contributed by atoms with E-state index in [9.17, 15) is 14.5 Å². The molecule has 0 saturated carbocycles. The Morgan fingerprint density at radius 1 is 1.07 bits per heavy atom. The van der Waals surface area contributed by atoms with Crippen molar-refractivity contribution < 1.29 is 23.5 Å². The molecule has 1 aromatic carbocycles. The lowest BCUT2D eigenvalue weighted by Crippen LogP contribution is -2.23. The van der Waals surface area contributed by atoms with Gasteiger partial charge < -0.3 is 19.5 Å². The first-order valence-corrected chi connectivity index (χ1v) is 11.3. The van der Waals surface area contributed by atoms with Gasteiger partial charge in [-0.15, -0.1) is 0 Å². The number of benzene rings is 1. The van der Waals surface area contributed by atoms with Crippen molar-refractivity contribution in [3.05, 3.63) is 35.5 Å². The average molecular weight is 397 g/mol. The van der Waals surface area contributed by atoms with Crippen LogP contribution in [0.3, 0.4) is 0 Å². The third-order valence-electron chi connectivity index (χ3n) is 3.85. The number of nitrogens with one attached hydrogen (secondary N) is 1. The summed E-state index contributed by atoms with van der Waals surface area (Å²) in [6.07, 6.45) is 5.72. The van der Waals surface area contributed by atoms with Gasteiger partial charge in [-0.1, -0.05) is 31.9 Å². The predicted molar refractivity (Wildman–Crippen MR) is 109 cm³/mol. The van der Waals surface area contributed by atoms with Crippen LogP contribution < -0.4 is 5.32 Å². The molecule has 0 spiro atoms. The van der Waals surface area contributed by atoms with Crippen molar-refractivity contribution in [1.29, 1.82) is 0 Å². The summed E-state index contributed by atoms with van der Waals surface area (Å²) in [6, 6.07) is 6.67. The van der Waals surface area contributed by atoms with E-state index in [0.717, 1.165) is 24.8 Å². The summed E-state index contributed by atoms with van der Waals surface area (Å²) in [5.74, 6) is 0.116. The summed E-state index contributed by atoms with van der Waals surface area (Å²) in [5, 5.41) is 12.3. The van der Waals surface area contributed by atoms with Crippen molar-refractivity contribution in [3.63, 3.8) is 0 Å². The van der Waals surface area contributed by atoms with Crippen LogP contribution in [0.2, 0.25) is 0 Å². The lowest BCUT2D eigenvalue weighted by molar-refractivity contribution is -0.120.